The maximum atomic E-state index is 12.5. The Kier molecular flexibility index (Phi) is 7.38. The predicted octanol–water partition coefficient (Wildman–Crippen LogP) is 0.723. The maximum absolute atomic E-state index is 12.5. The van der Waals surface area contributed by atoms with Crippen LogP contribution in [-0.2, 0) is 20.6 Å². The SMILES string of the molecule is CNC(=O)[C@H]1CN(C)CCN1C(=O)CNC(=O)/C=C/c1ccc(C(F)(F)F)cc1. The summed E-state index contributed by atoms with van der Waals surface area (Å²) < 4.78 is 37.6. The highest BCUT2D eigenvalue weighted by Gasteiger charge is 2.33. The smallest absolute Gasteiger partial charge is 0.357 e. The van der Waals surface area contributed by atoms with E-state index < -0.39 is 23.7 Å². The number of carbonyl (C=O) groups is 3. The first kappa shape index (κ1) is 22.4. The summed E-state index contributed by atoms with van der Waals surface area (Å²) in [7, 11) is 3.35. The second-order valence-corrected chi connectivity index (χ2v) is 6.65. The van der Waals surface area contributed by atoms with Crippen LogP contribution in [0.3, 0.4) is 0 Å². The number of benzene rings is 1. The standard InChI is InChI=1S/C19H23F3N4O3/c1-23-18(29)15-12-25(2)9-10-26(15)17(28)11-24-16(27)8-5-13-3-6-14(7-4-13)19(20,21)22/h3-8,15H,9-12H2,1-2H3,(H,23,29)(H,24,27)/b8-5+/t15-/m1/s1. The van der Waals surface area contributed by atoms with E-state index in [1.165, 1.54) is 30.2 Å². The molecule has 10 heteroatoms. The van der Waals surface area contributed by atoms with Gasteiger partial charge in [-0.3, -0.25) is 14.4 Å². The Hall–Kier alpha value is -2.88. The van der Waals surface area contributed by atoms with Crippen LogP contribution in [0.1, 0.15) is 11.1 Å². The van der Waals surface area contributed by atoms with Gasteiger partial charge in [0, 0.05) is 32.8 Å². The summed E-state index contributed by atoms with van der Waals surface area (Å²) in [5.74, 6) is -1.23. The molecular formula is C19H23F3N4O3. The first-order chi connectivity index (χ1) is 13.6. The molecule has 1 fully saturated rings. The molecule has 0 bridgehead atoms. The zero-order valence-electron chi connectivity index (χ0n) is 16.1. The van der Waals surface area contributed by atoms with Gasteiger partial charge in [0.25, 0.3) is 0 Å². The minimum atomic E-state index is -4.42. The van der Waals surface area contributed by atoms with E-state index in [1.54, 1.807) is 0 Å². The Balaban J connectivity index is 1.90. The van der Waals surface area contributed by atoms with E-state index in [9.17, 15) is 27.6 Å². The van der Waals surface area contributed by atoms with Gasteiger partial charge in [-0.1, -0.05) is 12.1 Å². The van der Waals surface area contributed by atoms with Gasteiger partial charge in [0.05, 0.1) is 12.1 Å². The van der Waals surface area contributed by atoms with Crippen LogP contribution in [0.15, 0.2) is 30.3 Å². The fourth-order valence-electron chi connectivity index (χ4n) is 2.89. The quantitative estimate of drug-likeness (QED) is 0.699. The molecule has 0 radical (unpaired) electrons. The number of rotatable bonds is 5. The highest BCUT2D eigenvalue weighted by molar-refractivity contribution is 5.95. The number of nitrogens with zero attached hydrogens (tertiary/aromatic N) is 2. The summed E-state index contributed by atoms with van der Waals surface area (Å²) in [6.45, 7) is 1.09. The molecule has 0 aliphatic carbocycles. The zero-order chi connectivity index (χ0) is 21.6. The van der Waals surface area contributed by atoms with Crippen molar-refractivity contribution in [3.63, 3.8) is 0 Å². The molecule has 1 atom stereocenters. The molecule has 158 valence electrons. The summed E-state index contributed by atoms with van der Waals surface area (Å²) in [6, 6.07) is 3.71. The molecule has 3 amide bonds. The van der Waals surface area contributed by atoms with Crippen molar-refractivity contribution in [1.29, 1.82) is 0 Å². The average Bonchev–Trinajstić information content (AvgIpc) is 2.69. The summed E-state index contributed by atoms with van der Waals surface area (Å²) in [5.41, 5.74) is -0.360. The lowest BCUT2D eigenvalue weighted by Gasteiger charge is -2.38. The monoisotopic (exact) mass is 412 g/mol. The molecule has 1 aliphatic rings. The van der Waals surface area contributed by atoms with Crippen molar-refractivity contribution in [2.24, 2.45) is 0 Å². The molecule has 1 aromatic carbocycles. The largest absolute Gasteiger partial charge is 0.416 e. The van der Waals surface area contributed by atoms with Crippen molar-refractivity contribution in [2.75, 3.05) is 40.3 Å². The zero-order valence-corrected chi connectivity index (χ0v) is 16.1. The van der Waals surface area contributed by atoms with E-state index in [0.717, 1.165) is 18.2 Å². The molecule has 2 N–H and O–H groups in total. The van der Waals surface area contributed by atoms with Crippen molar-refractivity contribution < 1.29 is 27.6 Å². The first-order valence-corrected chi connectivity index (χ1v) is 8.94. The third-order valence-corrected chi connectivity index (χ3v) is 4.53. The van der Waals surface area contributed by atoms with Crippen molar-refractivity contribution >= 4 is 23.8 Å². The van der Waals surface area contributed by atoms with Crippen LogP contribution >= 0.6 is 0 Å². The number of nitrogens with one attached hydrogen (secondary N) is 2. The van der Waals surface area contributed by atoms with Crippen molar-refractivity contribution in [2.45, 2.75) is 12.2 Å². The number of likely N-dealkylation sites (N-methyl/N-ethyl adjacent to an activating group) is 2. The molecule has 29 heavy (non-hydrogen) atoms. The predicted molar refractivity (Wildman–Crippen MR) is 101 cm³/mol. The van der Waals surface area contributed by atoms with Gasteiger partial charge in [0.2, 0.25) is 17.7 Å². The van der Waals surface area contributed by atoms with Crippen LogP contribution in [-0.4, -0.2) is 73.8 Å². The van der Waals surface area contributed by atoms with Crippen LogP contribution in [0.5, 0.6) is 0 Å². The summed E-state index contributed by atoms with van der Waals surface area (Å²) in [4.78, 5) is 39.7. The lowest BCUT2D eigenvalue weighted by atomic mass is 10.1. The summed E-state index contributed by atoms with van der Waals surface area (Å²) in [6.07, 6.45) is -1.94. The van der Waals surface area contributed by atoms with Crippen molar-refractivity contribution in [3.05, 3.63) is 41.5 Å². The van der Waals surface area contributed by atoms with E-state index in [2.05, 4.69) is 10.6 Å². The van der Waals surface area contributed by atoms with Crippen molar-refractivity contribution in [1.82, 2.24) is 20.4 Å². The minimum absolute atomic E-state index is 0.279. The second kappa shape index (κ2) is 9.55. The fourth-order valence-corrected chi connectivity index (χ4v) is 2.89. The van der Waals surface area contributed by atoms with Gasteiger partial charge < -0.3 is 20.4 Å². The molecule has 0 unspecified atom stereocenters. The second-order valence-electron chi connectivity index (χ2n) is 6.65. The summed E-state index contributed by atoms with van der Waals surface area (Å²) >= 11 is 0. The number of piperazine rings is 1. The number of carbonyl (C=O) groups excluding carboxylic acids is 3. The van der Waals surface area contributed by atoms with Crippen LogP contribution in [0.4, 0.5) is 13.2 Å². The van der Waals surface area contributed by atoms with Gasteiger partial charge >= 0.3 is 6.18 Å². The highest BCUT2D eigenvalue weighted by Crippen LogP contribution is 2.29. The Bertz CT molecular complexity index is 778. The summed E-state index contributed by atoms with van der Waals surface area (Å²) in [5, 5.41) is 4.96. The van der Waals surface area contributed by atoms with Crippen LogP contribution in [0.2, 0.25) is 0 Å². The Labute approximate surface area is 166 Å². The van der Waals surface area contributed by atoms with E-state index >= 15 is 0 Å². The average molecular weight is 412 g/mol. The molecule has 1 aromatic rings. The topological polar surface area (TPSA) is 81.8 Å². The lowest BCUT2D eigenvalue weighted by Crippen LogP contribution is -2.60. The van der Waals surface area contributed by atoms with E-state index in [1.807, 2.05) is 11.9 Å². The van der Waals surface area contributed by atoms with E-state index in [4.69, 9.17) is 0 Å². The Morgan fingerprint density at radius 3 is 2.41 bits per heavy atom. The highest BCUT2D eigenvalue weighted by atomic mass is 19.4. The molecule has 1 aliphatic heterocycles. The lowest BCUT2D eigenvalue weighted by molar-refractivity contribution is -0.143. The number of amides is 3. The molecule has 7 nitrogen and oxygen atoms in total. The molecular weight excluding hydrogens is 389 g/mol. The van der Waals surface area contributed by atoms with Crippen LogP contribution in [0.25, 0.3) is 6.08 Å². The molecule has 1 heterocycles. The van der Waals surface area contributed by atoms with Gasteiger partial charge in [-0.25, -0.2) is 0 Å². The number of hydrogen-bond acceptors (Lipinski definition) is 4. The Morgan fingerprint density at radius 2 is 1.83 bits per heavy atom. The maximum Gasteiger partial charge on any atom is 0.416 e. The molecule has 1 saturated heterocycles. The van der Waals surface area contributed by atoms with Crippen LogP contribution in [0, 0.1) is 0 Å². The minimum Gasteiger partial charge on any atom is -0.357 e. The van der Waals surface area contributed by atoms with Gasteiger partial charge in [-0.05, 0) is 30.8 Å². The third-order valence-electron chi connectivity index (χ3n) is 4.53. The number of hydrogen-bond donors (Lipinski definition) is 2. The van der Waals surface area contributed by atoms with Gasteiger partial charge in [-0.2, -0.15) is 13.2 Å². The Morgan fingerprint density at radius 1 is 1.17 bits per heavy atom. The van der Waals surface area contributed by atoms with Crippen LogP contribution < -0.4 is 10.6 Å². The number of halogens is 3. The molecule has 0 saturated carbocycles. The molecule has 0 spiro atoms. The van der Waals surface area contributed by atoms with E-state index in [0.29, 0.717) is 25.2 Å². The van der Waals surface area contributed by atoms with Gasteiger partial charge in [0.15, 0.2) is 0 Å². The number of alkyl halides is 3. The fraction of sp³-hybridized carbons (Fsp3) is 0.421. The molecule has 2 rings (SSSR count). The first-order valence-electron chi connectivity index (χ1n) is 8.94. The molecule has 0 aromatic heterocycles. The van der Waals surface area contributed by atoms with Gasteiger partial charge in [0.1, 0.15) is 6.04 Å². The van der Waals surface area contributed by atoms with E-state index in [-0.39, 0.29) is 18.4 Å². The van der Waals surface area contributed by atoms with Crippen molar-refractivity contribution in [3.8, 4) is 0 Å². The van der Waals surface area contributed by atoms with Gasteiger partial charge in [-0.15, -0.1) is 0 Å². The normalized spacial score (nSPS) is 18.0. The third kappa shape index (κ3) is 6.31.